The first kappa shape index (κ1) is 18.5. The van der Waals surface area contributed by atoms with Crippen molar-refractivity contribution < 1.29 is 9.53 Å². The fourth-order valence-electron chi connectivity index (χ4n) is 3.88. The van der Waals surface area contributed by atoms with E-state index in [9.17, 15) is 4.79 Å². The molecule has 1 aliphatic heterocycles. The average Bonchev–Trinajstić information content (AvgIpc) is 2.70. The Hall–Kier alpha value is -2.87. The molecule has 2 aromatic rings. The molecule has 1 aliphatic carbocycles. The Kier molecular flexibility index (Phi) is 5.29. The monoisotopic (exact) mass is 382 g/mol. The lowest BCUT2D eigenvalue weighted by molar-refractivity contribution is 0.0996. The summed E-state index contributed by atoms with van der Waals surface area (Å²) >= 11 is 0. The molecule has 0 radical (unpaired) electrons. The smallest absolute Gasteiger partial charge is 0.271 e. The quantitative estimate of drug-likeness (QED) is 0.619. The number of carbonyl (C=O) groups is 1. The molecule has 1 amide bonds. The van der Waals surface area contributed by atoms with Gasteiger partial charge in [-0.15, -0.1) is 0 Å². The van der Waals surface area contributed by atoms with E-state index in [0.717, 1.165) is 43.4 Å². The van der Waals surface area contributed by atoms with Crippen LogP contribution in [-0.2, 0) is 6.42 Å². The molecule has 4 rings (SSSR count). The Balaban J connectivity index is 1.52. The lowest BCUT2D eigenvalue weighted by Gasteiger charge is -2.30. The van der Waals surface area contributed by atoms with E-state index in [4.69, 9.17) is 16.2 Å². The van der Waals surface area contributed by atoms with Crippen LogP contribution in [0.1, 0.15) is 41.7 Å². The number of primary amides is 1. The van der Waals surface area contributed by atoms with Crippen molar-refractivity contribution in [2.45, 2.75) is 50.2 Å². The van der Waals surface area contributed by atoms with E-state index in [1.807, 2.05) is 24.3 Å². The van der Waals surface area contributed by atoms with Crippen molar-refractivity contribution in [1.82, 2.24) is 9.97 Å². The van der Waals surface area contributed by atoms with Crippen molar-refractivity contribution in [2.75, 3.05) is 17.2 Å². The van der Waals surface area contributed by atoms with Gasteiger partial charge in [0.05, 0.1) is 12.2 Å². The minimum absolute atomic E-state index is 0.0329. The Morgan fingerprint density at radius 1 is 1.18 bits per heavy atom. The van der Waals surface area contributed by atoms with Gasteiger partial charge in [-0.3, -0.25) is 4.79 Å². The number of carbonyl (C=O) groups excluding carboxylic acids is 1. The molecule has 2 aliphatic rings. The number of nitrogens with two attached hydrogens (primary N) is 2. The van der Waals surface area contributed by atoms with E-state index in [1.165, 1.54) is 0 Å². The standard InChI is InChI=1S/C20H26N6O2/c21-14-6-2-3-7-15(14)25-17-10-23-18(19(22)27)20(26-17)24-13-9-12-5-1-4-8-16(12)28-11-13/h1,4-5,8,10,13-15H,2-3,6-7,9,11,21H2,(H2,22,27)(H2,24,25,26)/t13-,14+,15-/m1/s1. The molecule has 0 saturated heterocycles. The van der Waals surface area contributed by atoms with E-state index in [1.54, 1.807) is 6.20 Å². The summed E-state index contributed by atoms with van der Waals surface area (Å²) in [6.45, 7) is 0.474. The van der Waals surface area contributed by atoms with Gasteiger partial charge in [0.15, 0.2) is 11.5 Å². The van der Waals surface area contributed by atoms with E-state index in [2.05, 4.69) is 20.6 Å². The van der Waals surface area contributed by atoms with Crippen LogP contribution in [0, 0.1) is 0 Å². The summed E-state index contributed by atoms with van der Waals surface area (Å²) in [5.74, 6) is 1.23. The maximum absolute atomic E-state index is 11.8. The molecular weight excluding hydrogens is 356 g/mol. The lowest BCUT2D eigenvalue weighted by Crippen LogP contribution is -2.42. The highest BCUT2D eigenvalue weighted by atomic mass is 16.5. The summed E-state index contributed by atoms with van der Waals surface area (Å²) in [4.78, 5) is 20.6. The number of fused-ring (bicyclic) bond motifs is 1. The van der Waals surface area contributed by atoms with Gasteiger partial charge in [0.1, 0.15) is 18.2 Å². The molecule has 1 fully saturated rings. The largest absolute Gasteiger partial charge is 0.491 e. The van der Waals surface area contributed by atoms with E-state index < -0.39 is 5.91 Å². The minimum atomic E-state index is -0.618. The molecular formula is C20H26N6O2. The van der Waals surface area contributed by atoms with Crippen molar-refractivity contribution in [2.24, 2.45) is 11.5 Å². The third-order valence-electron chi connectivity index (χ3n) is 5.38. The van der Waals surface area contributed by atoms with Crippen LogP contribution in [0.5, 0.6) is 5.75 Å². The van der Waals surface area contributed by atoms with Gasteiger partial charge < -0.3 is 26.8 Å². The first-order valence-electron chi connectivity index (χ1n) is 9.76. The average molecular weight is 382 g/mol. The van der Waals surface area contributed by atoms with Gasteiger partial charge in [-0.1, -0.05) is 31.0 Å². The molecule has 0 bridgehead atoms. The number of anilines is 2. The van der Waals surface area contributed by atoms with Crippen LogP contribution >= 0.6 is 0 Å². The second-order valence-corrected chi connectivity index (χ2v) is 7.48. The van der Waals surface area contributed by atoms with Crippen LogP contribution in [0.2, 0.25) is 0 Å². The number of hydrogen-bond donors (Lipinski definition) is 4. The Morgan fingerprint density at radius 3 is 2.82 bits per heavy atom. The molecule has 28 heavy (non-hydrogen) atoms. The van der Waals surface area contributed by atoms with Gasteiger partial charge >= 0.3 is 0 Å². The Labute approximate surface area is 164 Å². The third-order valence-corrected chi connectivity index (χ3v) is 5.38. The van der Waals surface area contributed by atoms with Crippen LogP contribution in [0.4, 0.5) is 11.6 Å². The summed E-state index contributed by atoms with van der Waals surface area (Å²) in [6, 6.07) is 8.14. The molecule has 1 aromatic carbocycles. The van der Waals surface area contributed by atoms with Gasteiger partial charge in [0.25, 0.3) is 5.91 Å². The van der Waals surface area contributed by atoms with Crippen LogP contribution in [0.25, 0.3) is 0 Å². The summed E-state index contributed by atoms with van der Waals surface area (Å²) in [5.41, 5.74) is 13.0. The maximum Gasteiger partial charge on any atom is 0.271 e. The molecule has 1 saturated carbocycles. The summed E-state index contributed by atoms with van der Waals surface area (Å²) < 4.78 is 5.82. The number of para-hydroxylation sites is 1. The van der Waals surface area contributed by atoms with E-state index >= 15 is 0 Å². The van der Waals surface area contributed by atoms with Gasteiger partial charge in [-0.25, -0.2) is 9.97 Å². The highest BCUT2D eigenvalue weighted by molar-refractivity contribution is 5.95. The van der Waals surface area contributed by atoms with Crippen LogP contribution in [-0.4, -0.2) is 40.6 Å². The number of nitrogens with one attached hydrogen (secondary N) is 2. The van der Waals surface area contributed by atoms with Crippen molar-refractivity contribution in [3.8, 4) is 5.75 Å². The summed E-state index contributed by atoms with van der Waals surface area (Å²) in [6.07, 6.45) is 6.59. The zero-order chi connectivity index (χ0) is 19.5. The van der Waals surface area contributed by atoms with Crippen LogP contribution in [0.15, 0.2) is 30.5 Å². The molecule has 148 valence electrons. The fraction of sp³-hybridized carbons (Fsp3) is 0.450. The topological polar surface area (TPSA) is 128 Å². The third kappa shape index (κ3) is 4.01. The van der Waals surface area contributed by atoms with Crippen LogP contribution < -0.4 is 26.8 Å². The Bertz CT molecular complexity index is 858. The SMILES string of the molecule is NC(=O)c1ncc(N[C@@H]2CCCC[C@@H]2N)nc1N[C@H]1COc2ccccc2C1. The van der Waals surface area contributed by atoms with Gasteiger partial charge in [0, 0.05) is 12.1 Å². The predicted molar refractivity (Wildman–Crippen MR) is 107 cm³/mol. The number of hydrogen-bond acceptors (Lipinski definition) is 7. The molecule has 8 heteroatoms. The first-order valence-corrected chi connectivity index (χ1v) is 9.76. The molecule has 0 spiro atoms. The van der Waals surface area contributed by atoms with Crippen molar-refractivity contribution in [3.05, 3.63) is 41.7 Å². The van der Waals surface area contributed by atoms with Gasteiger partial charge in [-0.05, 0) is 30.9 Å². The summed E-state index contributed by atoms with van der Waals surface area (Å²) in [5, 5.41) is 6.66. The van der Waals surface area contributed by atoms with Crippen LogP contribution in [0.3, 0.4) is 0 Å². The van der Waals surface area contributed by atoms with Crippen molar-refractivity contribution in [3.63, 3.8) is 0 Å². The molecule has 2 heterocycles. The molecule has 1 aromatic heterocycles. The van der Waals surface area contributed by atoms with Crippen molar-refractivity contribution in [1.29, 1.82) is 0 Å². The Morgan fingerprint density at radius 2 is 2.00 bits per heavy atom. The maximum atomic E-state index is 11.8. The van der Waals surface area contributed by atoms with Gasteiger partial charge in [0.2, 0.25) is 0 Å². The number of amides is 1. The zero-order valence-corrected chi connectivity index (χ0v) is 15.7. The highest BCUT2D eigenvalue weighted by Crippen LogP contribution is 2.26. The number of benzene rings is 1. The summed E-state index contributed by atoms with van der Waals surface area (Å²) in [7, 11) is 0. The molecule has 0 unspecified atom stereocenters. The number of rotatable bonds is 5. The first-order chi connectivity index (χ1) is 13.6. The van der Waals surface area contributed by atoms with E-state index in [0.29, 0.717) is 18.2 Å². The predicted octanol–water partition coefficient (Wildman–Crippen LogP) is 1.67. The van der Waals surface area contributed by atoms with E-state index in [-0.39, 0.29) is 23.8 Å². The second kappa shape index (κ2) is 8.02. The lowest BCUT2D eigenvalue weighted by atomic mass is 9.91. The normalized spacial score (nSPS) is 24.0. The van der Waals surface area contributed by atoms with Crippen molar-refractivity contribution >= 4 is 17.5 Å². The number of aromatic nitrogens is 2. The second-order valence-electron chi connectivity index (χ2n) is 7.48. The van der Waals surface area contributed by atoms with Gasteiger partial charge in [-0.2, -0.15) is 0 Å². The molecule has 3 atom stereocenters. The number of ether oxygens (including phenoxy) is 1. The minimum Gasteiger partial charge on any atom is -0.491 e. The fourth-order valence-corrected chi connectivity index (χ4v) is 3.88. The highest BCUT2D eigenvalue weighted by Gasteiger charge is 2.25. The molecule has 8 nitrogen and oxygen atoms in total. The molecule has 6 N–H and O–H groups in total. The zero-order valence-electron chi connectivity index (χ0n) is 15.7. The number of nitrogens with zero attached hydrogens (tertiary/aromatic N) is 2.